The summed E-state index contributed by atoms with van der Waals surface area (Å²) in [5, 5.41) is 2.79. The minimum Gasteiger partial charge on any atom is -0.496 e. The van der Waals surface area contributed by atoms with Crippen molar-refractivity contribution in [2.45, 2.75) is 18.4 Å². The fourth-order valence-electron chi connectivity index (χ4n) is 2.86. The molecule has 0 aliphatic carbocycles. The number of carbonyl (C=O) groups is 1. The van der Waals surface area contributed by atoms with Gasteiger partial charge in [-0.3, -0.25) is 9.52 Å². The number of methoxy groups -OCH3 is 1. The Morgan fingerprint density at radius 3 is 2.47 bits per heavy atom. The molecule has 0 aromatic heterocycles. The number of anilines is 1. The summed E-state index contributed by atoms with van der Waals surface area (Å²) in [5.41, 5.74) is 2.19. The molecule has 3 aromatic rings. The van der Waals surface area contributed by atoms with Gasteiger partial charge in [-0.15, -0.1) is 0 Å². The molecule has 3 rings (SSSR count). The van der Waals surface area contributed by atoms with Crippen LogP contribution in [0.4, 0.5) is 5.69 Å². The first kappa shape index (κ1) is 21.7. The summed E-state index contributed by atoms with van der Waals surface area (Å²) >= 11 is 6.14. The maximum atomic E-state index is 12.9. The zero-order valence-corrected chi connectivity index (χ0v) is 18.0. The largest absolute Gasteiger partial charge is 0.496 e. The highest BCUT2D eigenvalue weighted by Crippen LogP contribution is 2.26. The van der Waals surface area contributed by atoms with Gasteiger partial charge < -0.3 is 10.1 Å². The van der Waals surface area contributed by atoms with E-state index in [-0.39, 0.29) is 22.0 Å². The summed E-state index contributed by atoms with van der Waals surface area (Å²) in [4.78, 5) is 12.4. The van der Waals surface area contributed by atoms with Crippen LogP contribution in [-0.4, -0.2) is 21.4 Å². The molecule has 156 valence electrons. The summed E-state index contributed by atoms with van der Waals surface area (Å²) in [7, 11) is -2.43. The van der Waals surface area contributed by atoms with Gasteiger partial charge in [0.05, 0.1) is 17.8 Å². The first-order valence-electron chi connectivity index (χ1n) is 9.10. The predicted octanol–water partition coefficient (Wildman–Crippen LogP) is 4.39. The number of nitrogens with one attached hydrogen (secondary N) is 2. The van der Waals surface area contributed by atoms with Gasteiger partial charge in [-0.2, -0.15) is 0 Å². The van der Waals surface area contributed by atoms with Crippen LogP contribution < -0.4 is 14.8 Å². The number of ether oxygens (including phenoxy) is 1. The molecule has 0 spiro atoms. The molecule has 0 aliphatic rings. The maximum absolute atomic E-state index is 12.9. The molecule has 0 unspecified atom stereocenters. The van der Waals surface area contributed by atoms with Gasteiger partial charge >= 0.3 is 0 Å². The SMILES string of the molecule is COc1ccccc1CNC(=O)c1ccc(Cl)c(S(=O)(=O)Nc2ccccc2C)c1. The minimum atomic E-state index is -3.98. The Labute approximate surface area is 180 Å². The zero-order chi connectivity index (χ0) is 21.7. The fourth-order valence-corrected chi connectivity index (χ4v) is 4.52. The van der Waals surface area contributed by atoms with Crippen LogP contribution in [0, 0.1) is 6.92 Å². The standard InChI is InChI=1S/C22H21ClN2O4S/c1-15-7-3-5-9-19(15)25-30(27,28)21-13-16(11-12-18(21)23)22(26)24-14-17-8-4-6-10-20(17)29-2/h3-13,25H,14H2,1-2H3,(H,24,26). The number of amides is 1. The van der Waals surface area contributed by atoms with Crippen LogP contribution in [0.5, 0.6) is 5.75 Å². The van der Waals surface area contributed by atoms with E-state index in [1.54, 1.807) is 38.3 Å². The molecule has 0 bridgehead atoms. The third kappa shape index (κ3) is 4.93. The highest BCUT2D eigenvalue weighted by atomic mass is 35.5. The molecule has 2 N–H and O–H groups in total. The van der Waals surface area contributed by atoms with Crippen molar-refractivity contribution in [3.63, 3.8) is 0 Å². The van der Waals surface area contributed by atoms with Gasteiger partial charge in [-0.25, -0.2) is 8.42 Å². The molecule has 1 amide bonds. The van der Waals surface area contributed by atoms with Crippen molar-refractivity contribution in [1.29, 1.82) is 0 Å². The fraction of sp³-hybridized carbons (Fsp3) is 0.136. The van der Waals surface area contributed by atoms with Gasteiger partial charge in [0.25, 0.3) is 15.9 Å². The van der Waals surface area contributed by atoms with Crippen molar-refractivity contribution in [2.75, 3.05) is 11.8 Å². The maximum Gasteiger partial charge on any atom is 0.263 e. The molecule has 0 fully saturated rings. The monoisotopic (exact) mass is 444 g/mol. The second-order valence-electron chi connectivity index (χ2n) is 6.56. The lowest BCUT2D eigenvalue weighted by molar-refractivity contribution is 0.0950. The quantitative estimate of drug-likeness (QED) is 0.566. The van der Waals surface area contributed by atoms with E-state index in [1.165, 1.54) is 18.2 Å². The van der Waals surface area contributed by atoms with E-state index in [1.807, 2.05) is 24.3 Å². The average molecular weight is 445 g/mol. The van der Waals surface area contributed by atoms with Crippen molar-refractivity contribution in [1.82, 2.24) is 5.32 Å². The minimum absolute atomic E-state index is 0.0253. The number of rotatable bonds is 7. The molecule has 8 heteroatoms. The number of carbonyl (C=O) groups excluding carboxylic acids is 1. The van der Waals surface area contributed by atoms with E-state index in [9.17, 15) is 13.2 Å². The molecular weight excluding hydrogens is 424 g/mol. The van der Waals surface area contributed by atoms with E-state index in [4.69, 9.17) is 16.3 Å². The van der Waals surface area contributed by atoms with Crippen molar-refractivity contribution < 1.29 is 17.9 Å². The number of aryl methyl sites for hydroxylation is 1. The second-order valence-corrected chi connectivity index (χ2v) is 8.62. The van der Waals surface area contributed by atoms with Gasteiger partial charge in [-0.1, -0.05) is 48.0 Å². The third-order valence-corrected chi connectivity index (χ3v) is 6.35. The van der Waals surface area contributed by atoms with Crippen molar-refractivity contribution in [2.24, 2.45) is 0 Å². The molecule has 0 saturated carbocycles. The lowest BCUT2D eigenvalue weighted by Crippen LogP contribution is -2.23. The van der Waals surface area contributed by atoms with E-state index < -0.39 is 15.9 Å². The molecule has 3 aromatic carbocycles. The van der Waals surface area contributed by atoms with E-state index in [2.05, 4.69) is 10.0 Å². The molecular formula is C22H21ClN2O4S. The van der Waals surface area contributed by atoms with Crippen LogP contribution >= 0.6 is 11.6 Å². The topological polar surface area (TPSA) is 84.5 Å². The smallest absolute Gasteiger partial charge is 0.263 e. The van der Waals surface area contributed by atoms with Crippen LogP contribution in [0.15, 0.2) is 71.6 Å². The van der Waals surface area contributed by atoms with E-state index >= 15 is 0 Å². The molecule has 0 atom stereocenters. The number of benzene rings is 3. The molecule has 30 heavy (non-hydrogen) atoms. The Hall–Kier alpha value is -3.03. The van der Waals surface area contributed by atoms with Crippen LogP contribution in [0.3, 0.4) is 0 Å². The van der Waals surface area contributed by atoms with Crippen LogP contribution in [-0.2, 0) is 16.6 Å². The van der Waals surface area contributed by atoms with Crippen molar-refractivity contribution in [3.8, 4) is 5.75 Å². The van der Waals surface area contributed by atoms with Crippen LogP contribution in [0.2, 0.25) is 5.02 Å². The second kappa shape index (κ2) is 9.19. The molecule has 0 aliphatic heterocycles. The predicted molar refractivity (Wildman–Crippen MR) is 118 cm³/mol. The van der Waals surface area contributed by atoms with E-state index in [0.29, 0.717) is 11.4 Å². The summed E-state index contributed by atoms with van der Waals surface area (Å²) in [6.07, 6.45) is 0. The lowest BCUT2D eigenvalue weighted by atomic mass is 10.1. The Morgan fingerprint density at radius 1 is 1.03 bits per heavy atom. The number of halogens is 1. The number of hydrogen-bond donors (Lipinski definition) is 2. The highest BCUT2D eigenvalue weighted by Gasteiger charge is 2.21. The highest BCUT2D eigenvalue weighted by molar-refractivity contribution is 7.92. The van der Waals surface area contributed by atoms with Gasteiger partial charge in [-0.05, 0) is 42.8 Å². The summed E-state index contributed by atoms with van der Waals surface area (Å²) in [5.74, 6) is 0.226. The molecule has 6 nitrogen and oxygen atoms in total. The molecule has 0 radical (unpaired) electrons. The lowest BCUT2D eigenvalue weighted by Gasteiger charge is -2.13. The van der Waals surface area contributed by atoms with Gasteiger partial charge in [0.2, 0.25) is 0 Å². The average Bonchev–Trinajstić information content (AvgIpc) is 2.74. The number of hydrogen-bond acceptors (Lipinski definition) is 4. The summed E-state index contributed by atoms with van der Waals surface area (Å²) < 4.78 is 33.5. The zero-order valence-electron chi connectivity index (χ0n) is 16.5. The van der Waals surface area contributed by atoms with Gasteiger partial charge in [0, 0.05) is 17.7 Å². The summed E-state index contributed by atoms with van der Waals surface area (Å²) in [6.45, 7) is 2.02. The van der Waals surface area contributed by atoms with E-state index in [0.717, 1.165) is 11.1 Å². The Balaban J connectivity index is 1.82. The van der Waals surface area contributed by atoms with Gasteiger partial charge in [0.15, 0.2) is 0 Å². The molecule has 0 heterocycles. The first-order chi connectivity index (χ1) is 14.3. The Morgan fingerprint density at radius 2 is 1.73 bits per heavy atom. The summed E-state index contributed by atoms with van der Waals surface area (Å²) in [6, 6.07) is 18.4. The van der Waals surface area contributed by atoms with Gasteiger partial charge in [0.1, 0.15) is 10.6 Å². The van der Waals surface area contributed by atoms with Crippen molar-refractivity contribution >= 4 is 33.2 Å². The molecule has 0 saturated heterocycles. The Bertz CT molecular complexity index is 1180. The normalized spacial score (nSPS) is 11.0. The first-order valence-corrected chi connectivity index (χ1v) is 11.0. The Kier molecular flexibility index (Phi) is 6.64. The third-order valence-electron chi connectivity index (χ3n) is 4.50. The van der Waals surface area contributed by atoms with Crippen LogP contribution in [0.25, 0.3) is 0 Å². The number of para-hydroxylation sites is 2. The number of sulfonamides is 1. The van der Waals surface area contributed by atoms with Crippen LogP contribution in [0.1, 0.15) is 21.5 Å². The van der Waals surface area contributed by atoms with Crippen molar-refractivity contribution in [3.05, 3.63) is 88.4 Å².